The van der Waals surface area contributed by atoms with Gasteiger partial charge in [0.1, 0.15) is 5.75 Å². The summed E-state index contributed by atoms with van der Waals surface area (Å²) in [5, 5.41) is 3.84. The molecular formula is C19H18N2O2. The van der Waals surface area contributed by atoms with Gasteiger partial charge in [-0.3, -0.25) is 9.78 Å². The Bertz CT molecular complexity index is 830. The lowest BCUT2D eigenvalue weighted by atomic mass is 10.1. The van der Waals surface area contributed by atoms with Crippen LogP contribution in [0.1, 0.15) is 23.7 Å². The second-order valence-corrected chi connectivity index (χ2v) is 5.24. The Morgan fingerprint density at radius 1 is 1.13 bits per heavy atom. The molecular weight excluding hydrogens is 288 g/mol. The standard InChI is InChI=1S/C19H18N2O2/c1-2-11-23-17-7-3-6-16(13-17)21-19(22)15-8-9-18-14(12-15)5-4-10-20-18/h3-10,12-13H,2,11H2,1H3,(H,21,22). The fraction of sp³-hybridized carbons (Fsp3) is 0.158. The van der Waals surface area contributed by atoms with Crippen molar-refractivity contribution in [2.75, 3.05) is 11.9 Å². The minimum Gasteiger partial charge on any atom is -0.494 e. The van der Waals surface area contributed by atoms with Crippen LogP contribution in [-0.4, -0.2) is 17.5 Å². The van der Waals surface area contributed by atoms with E-state index < -0.39 is 0 Å². The van der Waals surface area contributed by atoms with Crippen molar-refractivity contribution in [2.45, 2.75) is 13.3 Å². The lowest BCUT2D eigenvalue weighted by Crippen LogP contribution is -2.11. The normalized spacial score (nSPS) is 10.5. The first-order chi connectivity index (χ1) is 11.3. The van der Waals surface area contributed by atoms with Gasteiger partial charge >= 0.3 is 0 Å². The number of rotatable bonds is 5. The number of benzene rings is 2. The molecule has 0 atom stereocenters. The second-order valence-electron chi connectivity index (χ2n) is 5.24. The number of amides is 1. The highest BCUT2D eigenvalue weighted by atomic mass is 16.5. The third-order valence-corrected chi connectivity index (χ3v) is 3.43. The van der Waals surface area contributed by atoms with E-state index in [2.05, 4.69) is 17.2 Å². The Hall–Kier alpha value is -2.88. The van der Waals surface area contributed by atoms with Crippen LogP contribution in [0, 0.1) is 0 Å². The smallest absolute Gasteiger partial charge is 0.255 e. The monoisotopic (exact) mass is 306 g/mol. The molecule has 0 fully saturated rings. The number of anilines is 1. The average Bonchev–Trinajstić information content (AvgIpc) is 2.60. The van der Waals surface area contributed by atoms with Crippen molar-refractivity contribution in [2.24, 2.45) is 0 Å². The van der Waals surface area contributed by atoms with Gasteiger partial charge in [-0.05, 0) is 42.8 Å². The van der Waals surface area contributed by atoms with Crippen molar-refractivity contribution < 1.29 is 9.53 Å². The van der Waals surface area contributed by atoms with Gasteiger partial charge in [-0.15, -0.1) is 0 Å². The number of pyridine rings is 1. The lowest BCUT2D eigenvalue weighted by molar-refractivity contribution is 0.102. The van der Waals surface area contributed by atoms with Crippen LogP contribution in [0.4, 0.5) is 5.69 Å². The van der Waals surface area contributed by atoms with E-state index in [-0.39, 0.29) is 5.91 Å². The molecule has 4 heteroatoms. The number of hydrogen-bond acceptors (Lipinski definition) is 3. The van der Waals surface area contributed by atoms with Gasteiger partial charge in [0.2, 0.25) is 0 Å². The van der Waals surface area contributed by atoms with E-state index in [1.165, 1.54) is 0 Å². The summed E-state index contributed by atoms with van der Waals surface area (Å²) in [6.45, 7) is 2.72. The predicted octanol–water partition coefficient (Wildman–Crippen LogP) is 4.28. The van der Waals surface area contributed by atoms with E-state index in [9.17, 15) is 4.79 Å². The van der Waals surface area contributed by atoms with E-state index in [0.29, 0.717) is 12.2 Å². The van der Waals surface area contributed by atoms with Crippen LogP contribution in [0.15, 0.2) is 60.8 Å². The topological polar surface area (TPSA) is 51.2 Å². The number of nitrogens with one attached hydrogen (secondary N) is 1. The number of carbonyl (C=O) groups excluding carboxylic acids is 1. The highest BCUT2D eigenvalue weighted by molar-refractivity contribution is 6.06. The van der Waals surface area contributed by atoms with Crippen LogP contribution >= 0.6 is 0 Å². The van der Waals surface area contributed by atoms with Gasteiger partial charge in [0.05, 0.1) is 12.1 Å². The maximum absolute atomic E-state index is 12.4. The molecule has 0 aliphatic carbocycles. The zero-order valence-corrected chi connectivity index (χ0v) is 13.0. The molecule has 1 amide bonds. The molecule has 116 valence electrons. The summed E-state index contributed by atoms with van der Waals surface area (Å²) in [6.07, 6.45) is 2.69. The van der Waals surface area contributed by atoms with Gasteiger partial charge in [0, 0.05) is 28.9 Å². The van der Waals surface area contributed by atoms with Crippen molar-refractivity contribution in [3.05, 3.63) is 66.4 Å². The average molecular weight is 306 g/mol. The summed E-state index contributed by atoms with van der Waals surface area (Å²) in [7, 11) is 0. The maximum Gasteiger partial charge on any atom is 0.255 e. The van der Waals surface area contributed by atoms with E-state index >= 15 is 0 Å². The first kappa shape index (κ1) is 15.0. The van der Waals surface area contributed by atoms with Crippen molar-refractivity contribution in [1.82, 2.24) is 4.98 Å². The summed E-state index contributed by atoms with van der Waals surface area (Å²) in [5.74, 6) is 0.607. The van der Waals surface area contributed by atoms with Gasteiger partial charge in [0.15, 0.2) is 0 Å². The van der Waals surface area contributed by atoms with Crippen LogP contribution in [0.3, 0.4) is 0 Å². The first-order valence-corrected chi connectivity index (χ1v) is 7.65. The third-order valence-electron chi connectivity index (χ3n) is 3.43. The molecule has 3 rings (SSSR count). The summed E-state index contributed by atoms with van der Waals surface area (Å²) in [5.41, 5.74) is 2.19. The SMILES string of the molecule is CCCOc1cccc(NC(=O)c2ccc3ncccc3c2)c1. The maximum atomic E-state index is 12.4. The van der Waals surface area contributed by atoms with Crippen molar-refractivity contribution in [1.29, 1.82) is 0 Å². The Balaban J connectivity index is 1.77. The largest absolute Gasteiger partial charge is 0.494 e. The zero-order chi connectivity index (χ0) is 16.1. The lowest BCUT2D eigenvalue weighted by Gasteiger charge is -2.09. The van der Waals surface area contributed by atoms with Crippen LogP contribution in [0.2, 0.25) is 0 Å². The number of ether oxygens (including phenoxy) is 1. The molecule has 23 heavy (non-hydrogen) atoms. The summed E-state index contributed by atoms with van der Waals surface area (Å²) in [4.78, 5) is 16.7. The molecule has 0 aliphatic heterocycles. The van der Waals surface area contributed by atoms with Crippen LogP contribution < -0.4 is 10.1 Å². The molecule has 0 spiro atoms. The Morgan fingerprint density at radius 3 is 2.91 bits per heavy atom. The quantitative estimate of drug-likeness (QED) is 0.765. The highest BCUT2D eigenvalue weighted by Gasteiger charge is 2.08. The molecule has 1 heterocycles. The van der Waals surface area contributed by atoms with Crippen LogP contribution in [0.25, 0.3) is 10.9 Å². The fourth-order valence-electron chi connectivity index (χ4n) is 2.30. The molecule has 0 bridgehead atoms. The molecule has 0 aliphatic rings. The summed E-state index contributed by atoms with van der Waals surface area (Å²) in [6, 6.07) is 16.7. The molecule has 1 N–H and O–H groups in total. The fourth-order valence-corrected chi connectivity index (χ4v) is 2.30. The van der Waals surface area contributed by atoms with Crippen molar-refractivity contribution in [3.63, 3.8) is 0 Å². The van der Waals surface area contributed by atoms with E-state index in [1.807, 2.05) is 48.5 Å². The second kappa shape index (κ2) is 6.92. The molecule has 2 aromatic carbocycles. The van der Waals surface area contributed by atoms with Crippen molar-refractivity contribution >= 4 is 22.5 Å². The molecule has 3 aromatic rings. The van der Waals surface area contributed by atoms with E-state index in [1.54, 1.807) is 12.3 Å². The number of carbonyl (C=O) groups is 1. The molecule has 0 unspecified atom stereocenters. The van der Waals surface area contributed by atoms with Gasteiger partial charge in [-0.25, -0.2) is 0 Å². The Labute approximate surface area is 135 Å². The number of aromatic nitrogens is 1. The van der Waals surface area contributed by atoms with Crippen molar-refractivity contribution in [3.8, 4) is 5.75 Å². The molecule has 0 saturated heterocycles. The minimum absolute atomic E-state index is 0.150. The first-order valence-electron chi connectivity index (χ1n) is 7.65. The van der Waals surface area contributed by atoms with Crippen LogP contribution in [0.5, 0.6) is 5.75 Å². The van der Waals surface area contributed by atoms with Gasteiger partial charge in [-0.1, -0.05) is 19.1 Å². The molecule has 0 radical (unpaired) electrons. The highest BCUT2D eigenvalue weighted by Crippen LogP contribution is 2.19. The zero-order valence-electron chi connectivity index (χ0n) is 13.0. The molecule has 1 aromatic heterocycles. The summed E-state index contributed by atoms with van der Waals surface area (Å²) < 4.78 is 5.58. The van der Waals surface area contributed by atoms with Gasteiger partial charge in [0.25, 0.3) is 5.91 Å². The Kier molecular flexibility index (Phi) is 4.52. The minimum atomic E-state index is -0.150. The molecule has 0 saturated carbocycles. The number of fused-ring (bicyclic) bond motifs is 1. The number of nitrogens with zero attached hydrogens (tertiary/aromatic N) is 1. The van der Waals surface area contributed by atoms with Gasteiger partial charge < -0.3 is 10.1 Å². The third kappa shape index (κ3) is 3.66. The Morgan fingerprint density at radius 2 is 2.04 bits per heavy atom. The van der Waals surface area contributed by atoms with Crippen LogP contribution in [-0.2, 0) is 0 Å². The van der Waals surface area contributed by atoms with Gasteiger partial charge in [-0.2, -0.15) is 0 Å². The molecule has 4 nitrogen and oxygen atoms in total. The summed E-state index contributed by atoms with van der Waals surface area (Å²) >= 11 is 0. The van der Waals surface area contributed by atoms with E-state index in [0.717, 1.165) is 28.8 Å². The number of hydrogen-bond donors (Lipinski definition) is 1. The predicted molar refractivity (Wildman–Crippen MR) is 91.9 cm³/mol. The van der Waals surface area contributed by atoms with E-state index in [4.69, 9.17) is 4.74 Å².